The maximum absolute atomic E-state index is 12.2. The zero-order valence-electron chi connectivity index (χ0n) is 11.3. The van der Waals surface area contributed by atoms with E-state index in [4.69, 9.17) is 9.47 Å². The summed E-state index contributed by atoms with van der Waals surface area (Å²) in [7, 11) is 0. The van der Waals surface area contributed by atoms with Crippen molar-refractivity contribution >= 4 is 5.91 Å². The lowest BCUT2D eigenvalue weighted by Gasteiger charge is -2.38. The van der Waals surface area contributed by atoms with Crippen LogP contribution in [0.1, 0.15) is 26.7 Å². The molecule has 2 rings (SSSR count). The molecule has 0 aromatic rings. The van der Waals surface area contributed by atoms with Crippen LogP contribution in [-0.4, -0.2) is 51.0 Å². The van der Waals surface area contributed by atoms with Gasteiger partial charge in [0.05, 0.1) is 32.0 Å². The third-order valence-electron chi connectivity index (χ3n) is 3.78. The molecule has 5 heteroatoms. The van der Waals surface area contributed by atoms with Crippen molar-refractivity contribution in [2.75, 3.05) is 32.9 Å². The zero-order valence-corrected chi connectivity index (χ0v) is 11.3. The number of piperidine rings is 1. The molecular formula is C13H24N2O3. The molecule has 0 aromatic carbocycles. The van der Waals surface area contributed by atoms with Crippen LogP contribution in [0.2, 0.25) is 0 Å². The fourth-order valence-electron chi connectivity index (χ4n) is 2.63. The van der Waals surface area contributed by atoms with Crippen molar-refractivity contribution in [1.82, 2.24) is 10.6 Å². The molecule has 18 heavy (non-hydrogen) atoms. The average Bonchev–Trinajstić information content (AvgIpc) is 2.37. The van der Waals surface area contributed by atoms with E-state index in [9.17, 15) is 4.79 Å². The van der Waals surface area contributed by atoms with Crippen LogP contribution in [0, 0.1) is 5.41 Å². The van der Waals surface area contributed by atoms with Gasteiger partial charge in [0.2, 0.25) is 5.91 Å². The smallest absolute Gasteiger partial charge is 0.237 e. The monoisotopic (exact) mass is 256 g/mol. The molecule has 0 bridgehead atoms. The standard InChI is InChI=1S/C13H24N2O3/c1-13(2)4-3-5-14-11(13)12(16)15-8-10-9-17-6-7-18-10/h10-11,14H,3-9H2,1-2H3,(H,15,16). The van der Waals surface area contributed by atoms with Crippen molar-refractivity contribution in [2.45, 2.75) is 38.8 Å². The topological polar surface area (TPSA) is 59.6 Å². The summed E-state index contributed by atoms with van der Waals surface area (Å²) in [4.78, 5) is 12.2. The van der Waals surface area contributed by atoms with Gasteiger partial charge in [-0.15, -0.1) is 0 Å². The lowest BCUT2D eigenvalue weighted by Crippen LogP contribution is -2.56. The molecule has 2 N–H and O–H groups in total. The highest BCUT2D eigenvalue weighted by Crippen LogP contribution is 2.30. The van der Waals surface area contributed by atoms with Gasteiger partial charge in [-0.3, -0.25) is 4.79 Å². The second-order valence-corrected chi connectivity index (χ2v) is 5.79. The fourth-order valence-corrected chi connectivity index (χ4v) is 2.63. The Hall–Kier alpha value is -0.650. The second-order valence-electron chi connectivity index (χ2n) is 5.79. The number of rotatable bonds is 3. The lowest BCUT2D eigenvalue weighted by atomic mass is 9.77. The Morgan fingerprint density at radius 1 is 1.44 bits per heavy atom. The summed E-state index contributed by atoms with van der Waals surface area (Å²) < 4.78 is 10.8. The maximum atomic E-state index is 12.2. The first-order chi connectivity index (χ1) is 8.59. The summed E-state index contributed by atoms with van der Waals surface area (Å²) in [6.07, 6.45) is 2.21. The summed E-state index contributed by atoms with van der Waals surface area (Å²) in [5.41, 5.74) is 0.0201. The molecule has 2 heterocycles. The second kappa shape index (κ2) is 5.99. The number of ether oxygens (including phenoxy) is 2. The van der Waals surface area contributed by atoms with Gasteiger partial charge in [0.1, 0.15) is 0 Å². The summed E-state index contributed by atoms with van der Waals surface area (Å²) in [5, 5.41) is 6.28. The van der Waals surface area contributed by atoms with Crippen molar-refractivity contribution in [2.24, 2.45) is 5.41 Å². The Balaban J connectivity index is 1.79. The predicted molar refractivity (Wildman–Crippen MR) is 68.4 cm³/mol. The van der Waals surface area contributed by atoms with Crippen LogP contribution >= 0.6 is 0 Å². The van der Waals surface area contributed by atoms with Gasteiger partial charge in [-0.1, -0.05) is 13.8 Å². The van der Waals surface area contributed by atoms with E-state index in [1.165, 1.54) is 0 Å². The molecule has 2 fully saturated rings. The van der Waals surface area contributed by atoms with Gasteiger partial charge < -0.3 is 20.1 Å². The normalized spacial score (nSPS) is 31.9. The predicted octanol–water partition coefficient (Wildman–Crippen LogP) is 0.296. The van der Waals surface area contributed by atoms with Crippen LogP contribution in [0.15, 0.2) is 0 Å². The Kier molecular flexibility index (Phi) is 4.59. The maximum Gasteiger partial charge on any atom is 0.237 e. The molecule has 2 saturated heterocycles. The fraction of sp³-hybridized carbons (Fsp3) is 0.923. The van der Waals surface area contributed by atoms with Crippen molar-refractivity contribution < 1.29 is 14.3 Å². The molecule has 104 valence electrons. The first-order valence-electron chi connectivity index (χ1n) is 6.80. The average molecular weight is 256 g/mol. The highest BCUT2D eigenvalue weighted by atomic mass is 16.6. The van der Waals surface area contributed by atoms with E-state index in [1.807, 2.05) is 0 Å². The molecule has 0 aliphatic carbocycles. The van der Waals surface area contributed by atoms with Gasteiger partial charge in [-0.25, -0.2) is 0 Å². The third kappa shape index (κ3) is 3.43. The number of nitrogens with one attached hydrogen (secondary N) is 2. The SMILES string of the molecule is CC1(C)CCCNC1C(=O)NCC1COCCO1. The van der Waals surface area contributed by atoms with Crippen LogP contribution < -0.4 is 10.6 Å². The summed E-state index contributed by atoms with van der Waals surface area (Å²) in [6.45, 7) is 7.59. The van der Waals surface area contributed by atoms with Gasteiger partial charge >= 0.3 is 0 Å². The van der Waals surface area contributed by atoms with E-state index in [0.717, 1.165) is 19.4 Å². The molecule has 2 atom stereocenters. The third-order valence-corrected chi connectivity index (χ3v) is 3.78. The van der Waals surface area contributed by atoms with Crippen molar-refractivity contribution in [3.63, 3.8) is 0 Å². The molecular weight excluding hydrogens is 232 g/mol. The Morgan fingerprint density at radius 2 is 2.28 bits per heavy atom. The molecule has 2 aliphatic rings. The number of hydrogen-bond donors (Lipinski definition) is 2. The Morgan fingerprint density at radius 3 is 2.94 bits per heavy atom. The molecule has 2 unspecified atom stereocenters. The first-order valence-corrected chi connectivity index (χ1v) is 6.80. The Bertz CT molecular complexity index is 288. The summed E-state index contributed by atoms with van der Waals surface area (Å²) >= 11 is 0. The quantitative estimate of drug-likeness (QED) is 0.762. The van der Waals surface area contributed by atoms with E-state index < -0.39 is 0 Å². The molecule has 0 radical (unpaired) electrons. The largest absolute Gasteiger partial charge is 0.376 e. The van der Waals surface area contributed by atoms with Gasteiger partial charge in [0.15, 0.2) is 0 Å². The van der Waals surface area contributed by atoms with Crippen molar-refractivity contribution in [3.05, 3.63) is 0 Å². The highest BCUT2D eigenvalue weighted by Gasteiger charge is 2.37. The van der Waals surface area contributed by atoms with E-state index in [-0.39, 0.29) is 23.5 Å². The zero-order chi connectivity index (χ0) is 13.0. The van der Waals surface area contributed by atoms with Crippen LogP contribution in [0.4, 0.5) is 0 Å². The molecule has 0 aromatic heterocycles. The molecule has 5 nitrogen and oxygen atoms in total. The van der Waals surface area contributed by atoms with Crippen molar-refractivity contribution in [3.8, 4) is 0 Å². The number of carbonyl (C=O) groups is 1. The van der Waals surface area contributed by atoms with Gasteiger partial charge in [-0.05, 0) is 24.8 Å². The van der Waals surface area contributed by atoms with Crippen LogP contribution in [0.3, 0.4) is 0 Å². The minimum atomic E-state index is -0.101. The minimum Gasteiger partial charge on any atom is -0.376 e. The van der Waals surface area contributed by atoms with Crippen molar-refractivity contribution in [1.29, 1.82) is 0 Å². The molecule has 1 amide bonds. The summed E-state index contributed by atoms with van der Waals surface area (Å²) in [5.74, 6) is 0.0777. The van der Waals surface area contributed by atoms with E-state index in [2.05, 4.69) is 24.5 Å². The van der Waals surface area contributed by atoms with Gasteiger partial charge in [0, 0.05) is 6.54 Å². The minimum absolute atomic E-state index is 0.00518. The molecule has 0 saturated carbocycles. The van der Waals surface area contributed by atoms with Gasteiger partial charge in [0.25, 0.3) is 0 Å². The lowest BCUT2D eigenvalue weighted by molar-refractivity contribution is -0.129. The van der Waals surface area contributed by atoms with E-state index in [0.29, 0.717) is 26.4 Å². The van der Waals surface area contributed by atoms with E-state index in [1.54, 1.807) is 0 Å². The van der Waals surface area contributed by atoms with Gasteiger partial charge in [-0.2, -0.15) is 0 Å². The number of carbonyl (C=O) groups excluding carboxylic acids is 1. The van der Waals surface area contributed by atoms with Crippen LogP contribution in [0.25, 0.3) is 0 Å². The first kappa shape index (κ1) is 13.8. The molecule has 0 spiro atoms. The number of amides is 1. The highest BCUT2D eigenvalue weighted by molar-refractivity contribution is 5.82. The Labute approximate surface area is 109 Å². The number of hydrogen-bond acceptors (Lipinski definition) is 4. The van der Waals surface area contributed by atoms with E-state index >= 15 is 0 Å². The van der Waals surface area contributed by atoms with Crippen LogP contribution in [0.5, 0.6) is 0 Å². The summed E-state index contributed by atoms with van der Waals surface area (Å²) in [6, 6.07) is -0.101. The molecule has 2 aliphatic heterocycles. The van der Waals surface area contributed by atoms with Crippen LogP contribution in [-0.2, 0) is 14.3 Å².